The van der Waals surface area contributed by atoms with Crippen LogP contribution in [0.3, 0.4) is 0 Å². The molecule has 0 saturated heterocycles. The second kappa shape index (κ2) is 5.83. The van der Waals surface area contributed by atoms with Gasteiger partial charge in [-0.05, 0) is 30.5 Å². The van der Waals surface area contributed by atoms with Crippen LogP contribution in [-0.2, 0) is 22.4 Å². The normalized spacial score (nSPS) is 14.8. The maximum absolute atomic E-state index is 11.7. The van der Waals surface area contributed by atoms with Crippen molar-refractivity contribution in [2.45, 2.75) is 25.8 Å². The van der Waals surface area contributed by atoms with E-state index < -0.39 is 0 Å². The number of fused-ring (bicyclic) bond motifs is 1. The van der Waals surface area contributed by atoms with Crippen molar-refractivity contribution in [2.24, 2.45) is 0 Å². The second-order valence-electron chi connectivity index (χ2n) is 5.76. The summed E-state index contributed by atoms with van der Waals surface area (Å²) in [6.45, 7) is 2.90. The average Bonchev–Trinajstić information content (AvgIpc) is 3.13. The number of methoxy groups -OCH3 is 1. The second-order valence-corrected chi connectivity index (χ2v) is 5.76. The Morgan fingerprint density at radius 1 is 1.45 bits per heavy atom. The Bertz CT molecular complexity index is 693. The molecule has 1 aliphatic rings. The van der Waals surface area contributed by atoms with Crippen LogP contribution in [-0.4, -0.2) is 36.2 Å². The van der Waals surface area contributed by atoms with Crippen LogP contribution < -0.4 is 4.90 Å². The van der Waals surface area contributed by atoms with Gasteiger partial charge in [-0.15, -0.1) is 0 Å². The number of anilines is 1. The number of esters is 1. The van der Waals surface area contributed by atoms with Crippen LogP contribution in [0.5, 0.6) is 0 Å². The predicted molar refractivity (Wildman–Crippen MR) is 85.2 cm³/mol. The van der Waals surface area contributed by atoms with Gasteiger partial charge in [-0.25, -0.2) is 9.78 Å². The molecule has 2 heterocycles. The lowest BCUT2D eigenvalue weighted by atomic mass is 10.1. The van der Waals surface area contributed by atoms with Gasteiger partial charge in [0.25, 0.3) is 0 Å². The predicted octanol–water partition coefficient (Wildman–Crippen LogP) is 2.20. The molecule has 116 valence electrons. The molecule has 22 heavy (non-hydrogen) atoms. The molecule has 0 spiro atoms. The molecule has 2 aromatic rings. The van der Waals surface area contributed by atoms with Gasteiger partial charge in [0.1, 0.15) is 11.9 Å². The lowest BCUT2D eigenvalue weighted by molar-refractivity contribution is -0.144. The Balaban J connectivity index is 1.83. The van der Waals surface area contributed by atoms with E-state index in [2.05, 4.69) is 35.1 Å². The molecule has 1 aromatic carbocycles. The van der Waals surface area contributed by atoms with Crippen molar-refractivity contribution in [3.05, 3.63) is 47.5 Å². The summed E-state index contributed by atoms with van der Waals surface area (Å²) in [5.41, 5.74) is 3.92. The van der Waals surface area contributed by atoms with E-state index in [0.717, 1.165) is 18.8 Å². The van der Waals surface area contributed by atoms with Crippen molar-refractivity contribution >= 4 is 11.7 Å². The largest absolute Gasteiger partial charge is 0.467 e. The molecule has 3 rings (SSSR count). The average molecular weight is 299 g/mol. The summed E-state index contributed by atoms with van der Waals surface area (Å²) in [4.78, 5) is 18.4. The maximum Gasteiger partial charge on any atom is 0.328 e. The highest BCUT2D eigenvalue weighted by molar-refractivity contribution is 5.73. The van der Waals surface area contributed by atoms with Crippen LogP contribution >= 0.6 is 0 Å². The van der Waals surface area contributed by atoms with Gasteiger partial charge in [0.2, 0.25) is 0 Å². The van der Waals surface area contributed by atoms with E-state index in [1.54, 1.807) is 6.20 Å². The first-order valence-electron chi connectivity index (χ1n) is 7.52. The Labute approximate surface area is 130 Å². The Morgan fingerprint density at radius 3 is 3.05 bits per heavy atom. The summed E-state index contributed by atoms with van der Waals surface area (Å²) in [5, 5.41) is 0. The molecule has 0 N–H and O–H groups in total. The molecule has 1 aromatic heterocycles. The number of benzene rings is 1. The lowest BCUT2D eigenvalue weighted by Crippen LogP contribution is -2.19. The van der Waals surface area contributed by atoms with Crippen LogP contribution in [0.2, 0.25) is 0 Å². The van der Waals surface area contributed by atoms with Gasteiger partial charge >= 0.3 is 5.97 Å². The zero-order valence-electron chi connectivity index (χ0n) is 13.2. The summed E-state index contributed by atoms with van der Waals surface area (Å²) < 4.78 is 6.70. The Kier molecular flexibility index (Phi) is 3.88. The van der Waals surface area contributed by atoms with E-state index in [-0.39, 0.29) is 12.0 Å². The minimum atomic E-state index is -0.358. The van der Waals surface area contributed by atoms with Crippen LogP contribution in [0.15, 0.2) is 30.6 Å². The first-order valence-corrected chi connectivity index (χ1v) is 7.52. The molecule has 1 unspecified atom stereocenters. The van der Waals surface area contributed by atoms with Gasteiger partial charge in [-0.3, -0.25) is 0 Å². The summed E-state index contributed by atoms with van der Waals surface area (Å²) in [6, 6.07) is 6.21. The highest BCUT2D eigenvalue weighted by atomic mass is 16.5. The number of rotatable bonds is 4. The van der Waals surface area contributed by atoms with Crippen LogP contribution in [0.25, 0.3) is 0 Å². The van der Waals surface area contributed by atoms with Crippen molar-refractivity contribution in [1.29, 1.82) is 0 Å². The van der Waals surface area contributed by atoms with Crippen LogP contribution in [0.4, 0.5) is 5.69 Å². The SMILES string of the molecule is COC(=O)C(C)n1ccnc1Cc1ccc2c(c1)CCN2C. The molecule has 0 saturated carbocycles. The lowest BCUT2D eigenvalue weighted by Gasteiger charge is -2.15. The van der Waals surface area contributed by atoms with E-state index in [1.165, 1.54) is 23.9 Å². The van der Waals surface area contributed by atoms with E-state index in [4.69, 9.17) is 4.74 Å². The highest BCUT2D eigenvalue weighted by Crippen LogP contribution is 2.28. The summed E-state index contributed by atoms with van der Waals surface area (Å²) in [6.07, 6.45) is 5.37. The minimum Gasteiger partial charge on any atom is -0.467 e. The number of hydrogen-bond donors (Lipinski definition) is 0. The maximum atomic E-state index is 11.7. The van der Waals surface area contributed by atoms with Crippen molar-refractivity contribution in [2.75, 3.05) is 25.6 Å². The van der Waals surface area contributed by atoms with Gasteiger partial charge in [0.05, 0.1) is 7.11 Å². The summed E-state index contributed by atoms with van der Waals surface area (Å²) >= 11 is 0. The van der Waals surface area contributed by atoms with Crippen LogP contribution in [0.1, 0.15) is 29.9 Å². The number of carbonyl (C=O) groups excluding carboxylic acids is 1. The van der Waals surface area contributed by atoms with Gasteiger partial charge in [-0.2, -0.15) is 0 Å². The van der Waals surface area contributed by atoms with E-state index in [0.29, 0.717) is 6.42 Å². The molecule has 1 atom stereocenters. The van der Waals surface area contributed by atoms with E-state index in [1.807, 2.05) is 17.7 Å². The van der Waals surface area contributed by atoms with Crippen molar-refractivity contribution in [3.63, 3.8) is 0 Å². The Hall–Kier alpha value is -2.30. The Morgan fingerprint density at radius 2 is 2.27 bits per heavy atom. The molecule has 5 heteroatoms. The molecular formula is C17H21N3O2. The fourth-order valence-corrected chi connectivity index (χ4v) is 3.03. The quantitative estimate of drug-likeness (QED) is 0.812. The molecule has 0 bridgehead atoms. The number of carbonyl (C=O) groups is 1. The van der Waals surface area contributed by atoms with Gasteiger partial charge in [-0.1, -0.05) is 12.1 Å². The summed E-state index contributed by atoms with van der Waals surface area (Å²) in [7, 11) is 3.53. The monoisotopic (exact) mass is 299 g/mol. The molecule has 0 fully saturated rings. The van der Waals surface area contributed by atoms with Gasteiger partial charge in [0, 0.05) is 38.1 Å². The van der Waals surface area contributed by atoms with E-state index >= 15 is 0 Å². The van der Waals surface area contributed by atoms with Crippen molar-refractivity contribution in [1.82, 2.24) is 9.55 Å². The van der Waals surface area contributed by atoms with Gasteiger partial charge in [0.15, 0.2) is 0 Å². The molecule has 0 radical (unpaired) electrons. The first-order chi connectivity index (χ1) is 10.6. The zero-order valence-corrected chi connectivity index (χ0v) is 13.2. The number of aromatic nitrogens is 2. The number of hydrogen-bond acceptors (Lipinski definition) is 4. The number of ether oxygens (including phenoxy) is 1. The first kappa shape index (κ1) is 14.6. The molecular weight excluding hydrogens is 278 g/mol. The number of likely N-dealkylation sites (N-methyl/N-ethyl adjacent to an activating group) is 1. The van der Waals surface area contributed by atoms with Crippen LogP contribution in [0, 0.1) is 0 Å². The third-order valence-electron chi connectivity index (χ3n) is 4.34. The number of imidazole rings is 1. The highest BCUT2D eigenvalue weighted by Gasteiger charge is 2.19. The number of nitrogens with zero attached hydrogens (tertiary/aromatic N) is 3. The molecule has 0 aliphatic carbocycles. The molecule has 5 nitrogen and oxygen atoms in total. The fraction of sp³-hybridized carbons (Fsp3) is 0.412. The molecule has 0 amide bonds. The van der Waals surface area contributed by atoms with Crippen molar-refractivity contribution < 1.29 is 9.53 Å². The third-order valence-corrected chi connectivity index (χ3v) is 4.34. The van der Waals surface area contributed by atoms with Crippen molar-refractivity contribution in [3.8, 4) is 0 Å². The third kappa shape index (κ3) is 2.58. The minimum absolute atomic E-state index is 0.255. The van der Waals surface area contributed by atoms with E-state index in [9.17, 15) is 4.79 Å². The zero-order chi connectivity index (χ0) is 15.7. The molecule has 1 aliphatic heterocycles. The topological polar surface area (TPSA) is 47.4 Å². The fourth-order valence-electron chi connectivity index (χ4n) is 3.03. The standard InChI is InChI=1S/C17H21N3O2/c1-12(17(21)22-3)20-9-7-18-16(20)11-13-4-5-15-14(10-13)6-8-19(15)2/h4-5,7,9-10,12H,6,8,11H2,1-3H3. The smallest absolute Gasteiger partial charge is 0.328 e. The van der Waals surface area contributed by atoms with Gasteiger partial charge < -0.3 is 14.2 Å². The summed E-state index contributed by atoms with van der Waals surface area (Å²) in [5.74, 6) is 0.624.